The van der Waals surface area contributed by atoms with E-state index in [-0.39, 0.29) is 13.2 Å². The Hall–Kier alpha value is -1.71. The highest BCUT2D eigenvalue weighted by Crippen LogP contribution is 2.13. The zero-order chi connectivity index (χ0) is 16.1. The molecule has 0 aromatic heterocycles. The first-order valence-corrected chi connectivity index (χ1v) is 5.73. The van der Waals surface area contributed by atoms with Crippen molar-refractivity contribution in [3.8, 4) is 0 Å². The van der Waals surface area contributed by atoms with E-state index in [1.165, 1.54) is 0 Å². The van der Waals surface area contributed by atoms with Crippen molar-refractivity contribution < 1.29 is 44.7 Å². The van der Waals surface area contributed by atoms with E-state index in [2.05, 4.69) is 4.74 Å². The SMILES string of the molecule is COC(C(=O)O)C(CC(=O)O)C(=O)O.OCCCCO. The fourth-order valence-electron chi connectivity index (χ4n) is 1.17. The van der Waals surface area contributed by atoms with E-state index in [0.29, 0.717) is 0 Å². The summed E-state index contributed by atoms with van der Waals surface area (Å²) in [5.74, 6) is -5.99. The van der Waals surface area contributed by atoms with Crippen molar-refractivity contribution in [3.05, 3.63) is 0 Å². The first kappa shape index (κ1) is 20.6. The molecule has 0 bridgehead atoms. The van der Waals surface area contributed by atoms with E-state index in [0.717, 1.165) is 20.0 Å². The lowest BCUT2D eigenvalue weighted by Crippen LogP contribution is -2.37. The fourth-order valence-corrected chi connectivity index (χ4v) is 1.17. The minimum absolute atomic E-state index is 0.195. The molecule has 0 radical (unpaired) electrons. The normalized spacial score (nSPS) is 12.8. The van der Waals surface area contributed by atoms with Gasteiger partial charge in [0.2, 0.25) is 0 Å². The molecule has 2 atom stereocenters. The number of aliphatic hydroxyl groups is 2. The maximum atomic E-state index is 10.5. The van der Waals surface area contributed by atoms with Crippen molar-refractivity contribution in [2.45, 2.75) is 25.4 Å². The molecule has 9 heteroatoms. The van der Waals surface area contributed by atoms with Crippen LogP contribution in [0.2, 0.25) is 0 Å². The van der Waals surface area contributed by atoms with E-state index in [4.69, 9.17) is 25.5 Å². The second kappa shape index (κ2) is 12.3. The van der Waals surface area contributed by atoms with Crippen molar-refractivity contribution in [3.63, 3.8) is 0 Å². The summed E-state index contributed by atoms with van der Waals surface area (Å²) in [5.41, 5.74) is 0. The summed E-state index contributed by atoms with van der Waals surface area (Å²) in [6, 6.07) is 0. The van der Waals surface area contributed by atoms with Gasteiger partial charge in [0, 0.05) is 20.3 Å². The zero-order valence-electron chi connectivity index (χ0n) is 11.1. The minimum Gasteiger partial charge on any atom is -0.481 e. The van der Waals surface area contributed by atoms with Crippen molar-refractivity contribution >= 4 is 17.9 Å². The van der Waals surface area contributed by atoms with Crippen molar-refractivity contribution in [2.24, 2.45) is 5.92 Å². The lowest BCUT2D eigenvalue weighted by atomic mass is 9.99. The molecule has 0 saturated heterocycles. The largest absolute Gasteiger partial charge is 0.481 e. The Morgan fingerprint density at radius 3 is 1.60 bits per heavy atom. The summed E-state index contributed by atoms with van der Waals surface area (Å²) in [4.78, 5) is 31.3. The molecule has 0 fully saturated rings. The Kier molecular flexibility index (Phi) is 12.7. The molecule has 0 rings (SSSR count). The van der Waals surface area contributed by atoms with E-state index < -0.39 is 36.4 Å². The summed E-state index contributed by atoms with van der Waals surface area (Å²) in [7, 11) is 1.01. The van der Waals surface area contributed by atoms with Crippen LogP contribution in [-0.2, 0) is 19.1 Å². The molecule has 5 N–H and O–H groups in total. The van der Waals surface area contributed by atoms with Gasteiger partial charge in [-0.15, -0.1) is 0 Å². The summed E-state index contributed by atoms with van der Waals surface area (Å²) in [5, 5.41) is 41.6. The molecule has 118 valence electrons. The average molecular weight is 296 g/mol. The molecule has 0 aromatic rings. The molecular formula is C11H20O9. The molecule has 0 spiro atoms. The first-order chi connectivity index (χ1) is 9.31. The van der Waals surface area contributed by atoms with Gasteiger partial charge in [-0.25, -0.2) is 4.79 Å². The molecule has 0 amide bonds. The fraction of sp³-hybridized carbons (Fsp3) is 0.727. The van der Waals surface area contributed by atoms with Crippen LogP contribution in [-0.4, -0.2) is 69.9 Å². The lowest BCUT2D eigenvalue weighted by Gasteiger charge is -2.16. The van der Waals surface area contributed by atoms with Gasteiger partial charge in [0.1, 0.15) is 5.92 Å². The second-order valence-corrected chi connectivity index (χ2v) is 3.69. The number of carboxylic acids is 3. The van der Waals surface area contributed by atoms with Gasteiger partial charge in [0.25, 0.3) is 0 Å². The number of methoxy groups -OCH3 is 1. The number of carboxylic acid groups (broad SMARTS) is 3. The smallest absolute Gasteiger partial charge is 0.333 e. The van der Waals surface area contributed by atoms with Crippen LogP contribution in [0.15, 0.2) is 0 Å². The van der Waals surface area contributed by atoms with Crippen LogP contribution in [0.25, 0.3) is 0 Å². The Bertz CT molecular complexity index is 298. The quantitative estimate of drug-likeness (QED) is 0.336. The van der Waals surface area contributed by atoms with Gasteiger partial charge >= 0.3 is 17.9 Å². The van der Waals surface area contributed by atoms with Gasteiger partial charge in [-0.3, -0.25) is 9.59 Å². The Balaban J connectivity index is 0. The molecular weight excluding hydrogens is 276 g/mol. The number of hydrogen-bond acceptors (Lipinski definition) is 6. The van der Waals surface area contributed by atoms with Gasteiger partial charge in [0.05, 0.1) is 6.42 Å². The lowest BCUT2D eigenvalue weighted by molar-refractivity contribution is -0.164. The Labute approximate surface area is 115 Å². The third-order valence-electron chi connectivity index (χ3n) is 2.14. The highest BCUT2D eigenvalue weighted by Gasteiger charge is 2.35. The first-order valence-electron chi connectivity index (χ1n) is 5.73. The monoisotopic (exact) mass is 296 g/mol. The topological polar surface area (TPSA) is 162 Å². The van der Waals surface area contributed by atoms with Gasteiger partial charge < -0.3 is 30.3 Å². The maximum Gasteiger partial charge on any atom is 0.333 e. The number of aliphatic hydroxyl groups excluding tert-OH is 2. The third kappa shape index (κ3) is 10.2. The number of hydrogen-bond donors (Lipinski definition) is 5. The van der Waals surface area contributed by atoms with Gasteiger partial charge in [-0.2, -0.15) is 0 Å². The number of aliphatic carboxylic acids is 3. The Morgan fingerprint density at radius 2 is 1.40 bits per heavy atom. The van der Waals surface area contributed by atoms with E-state index in [9.17, 15) is 14.4 Å². The highest BCUT2D eigenvalue weighted by molar-refractivity contribution is 5.85. The minimum atomic E-state index is -1.65. The summed E-state index contributed by atoms with van der Waals surface area (Å²) < 4.78 is 4.39. The standard InChI is InChI=1S/C7H10O7.C4H10O2/c1-14-5(7(12)13)3(6(10)11)2-4(8)9;5-3-1-2-4-6/h3,5H,2H2,1H3,(H,8,9)(H,10,11)(H,12,13);5-6H,1-4H2. The molecule has 0 aliphatic heterocycles. The van der Waals surface area contributed by atoms with Crippen molar-refractivity contribution in [2.75, 3.05) is 20.3 Å². The van der Waals surface area contributed by atoms with Crippen LogP contribution >= 0.6 is 0 Å². The highest BCUT2D eigenvalue weighted by atomic mass is 16.5. The predicted molar refractivity (Wildman–Crippen MR) is 65.2 cm³/mol. The average Bonchev–Trinajstić information content (AvgIpc) is 2.35. The van der Waals surface area contributed by atoms with Crippen molar-refractivity contribution in [1.29, 1.82) is 0 Å². The number of rotatable bonds is 9. The third-order valence-corrected chi connectivity index (χ3v) is 2.14. The summed E-state index contributed by atoms with van der Waals surface area (Å²) >= 11 is 0. The van der Waals surface area contributed by atoms with E-state index >= 15 is 0 Å². The van der Waals surface area contributed by atoms with Crippen LogP contribution in [0.1, 0.15) is 19.3 Å². The van der Waals surface area contributed by atoms with Crippen LogP contribution in [0.5, 0.6) is 0 Å². The van der Waals surface area contributed by atoms with E-state index in [1.54, 1.807) is 0 Å². The van der Waals surface area contributed by atoms with Crippen LogP contribution in [0.3, 0.4) is 0 Å². The van der Waals surface area contributed by atoms with E-state index in [1.807, 2.05) is 0 Å². The van der Waals surface area contributed by atoms with Gasteiger partial charge in [-0.05, 0) is 12.8 Å². The number of carbonyl (C=O) groups is 3. The number of ether oxygens (including phenoxy) is 1. The molecule has 0 heterocycles. The Morgan fingerprint density at radius 1 is 0.950 bits per heavy atom. The van der Waals surface area contributed by atoms with Crippen LogP contribution in [0.4, 0.5) is 0 Å². The molecule has 0 aliphatic carbocycles. The molecule has 0 aliphatic rings. The maximum absolute atomic E-state index is 10.5. The summed E-state index contributed by atoms with van der Waals surface area (Å²) in [6.07, 6.45) is -1.00. The van der Waals surface area contributed by atoms with Crippen molar-refractivity contribution in [1.82, 2.24) is 0 Å². The van der Waals surface area contributed by atoms with Crippen LogP contribution < -0.4 is 0 Å². The molecule has 20 heavy (non-hydrogen) atoms. The summed E-state index contributed by atoms with van der Waals surface area (Å²) in [6.45, 7) is 0.390. The molecule has 0 aromatic carbocycles. The molecule has 0 saturated carbocycles. The second-order valence-electron chi connectivity index (χ2n) is 3.69. The van der Waals surface area contributed by atoms with Crippen LogP contribution in [0, 0.1) is 5.92 Å². The number of unbranched alkanes of at least 4 members (excludes halogenated alkanes) is 1. The zero-order valence-corrected chi connectivity index (χ0v) is 11.1. The van der Waals surface area contributed by atoms with Gasteiger partial charge in [0.15, 0.2) is 6.10 Å². The predicted octanol–water partition coefficient (Wildman–Crippen LogP) is -0.987. The molecule has 9 nitrogen and oxygen atoms in total. The molecule has 2 unspecified atom stereocenters. The van der Waals surface area contributed by atoms with Gasteiger partial charge in [-0.1, -0.05) is 0 Å².